The molecular weight excluding hydrogens is 391 g/mol. The van der Waals surface area contributed by atoms with E-state index in [0.29, 0.717) is 21.7 Å². The molecule has 1 aromatic heterocycles. The highest BCUT2D eigenvalue weighted by molar-refractivity contribution is 8.05. The van der Waals surface area contributed by atoms with Crippen molar-refractivity contribution in [3.63, 3.8) is 0 Å². The number of fused-ring (bicyclic) bond motifs is 6. The third-order valence-corrected chi connectivity index (χ3v) is 7.16. The van der Waals surface area contributed by atoms with Crippen molar-refractivity contribution in [1.82, 2.24) is 9.97 Å². The van der Waals surface area contributed by atoms with Crippen LogP contribution in [0.25, 0.3) is 17.0 Å². The van der Waals surface area contributed by atoms with Crippen LogP contribution in [-0.2, 0) is 0 Å². The van der Waals surface area contributed by atoms with Crippen LogP contribution in [0, 0.1) is 5.82 Å². The fraction of sp³-hybridized carbons (Fsp3) is 0.0870. The minimum atomic E-state index is -0.372. The maximum absolute atomic E-state index is 14.6. The Hall–Kier alpha value is -2.56. The van der Waals surface area contributed by atoms with Gasteiger partial charge in [0.25, 0.3) is 0 Å². The smallest absolute Gasteiger partial charge is 0.142 e. The van der Waals surface area contributed by atoms with Gasteiger partial charge in [0, 0.05) is 16.4 Å². The van der Waals surface area contributed by atoms with Crippen LogP contribution in [0.2, 0.25) is 5.02 Å². The van der Waals surface area contributed by atoms with Crippen molar-refractivity contribution >= 4 is 28.9 Å². The minimum absolute atomic E-state index is 0.0896. The molecule has 0 saturated carbocycles. The average molecular weight is 405 g/mol. The number of rotatable bonds is 1. The Morgan fingerprint density at radius 2 is 1.86 bits per heavy atom. The molecule has 28 heavy (non-hydrogen) atoms. The number of aromatic nitrogens is 2. The Balaban J connectivity index is 1.64. The van der Waals surface area contributed by atoms with E-state index in [2.05, 4.69) is 53.6 Å². The molecule has 1 aromatic carbocycles. The van der Waals surface area contributed by atoms with Gasteiger partial charge in [-0.3, -0.25) is 0 Å². The zero-order chi connectivity index (χ0) is 18.8. The van der Waals surface area contributed by atoms with Gasteiger partial charge in [-0.15, -0.1) is 11.8 Å². The van der Waals surface area contributed by atoms with Crippen molar-refractivity contribution in [2.75, 3.05) is 0 Å². The second-order valence-electron chi connectivity index (χ2n) is 7.06. The van der Waals surface area contributed by atoms with Crippen molar-refractivity contribution < 1.29 is 4.39 Å². The molecule has 2 nitrogen and oxygen atoms in total. The van der Waals surface area contributed by atoms with Gasteiger partial charge in [0.05, 0.1) is 27.2 Å². The first-order valence-electron chi connectivity index (χ1n) is 9.12. The Morgan fingerprint density at radius 3 is 2.71 bits per heavy atom. The first kappa shape index (κ1) is 16.4. The highest BCUT2D eigenvalue weighted by atomic mass is 35.5. The fourth-order valence-electron chi connectivity index (χ4n) is 4.28. The molecule has 2 atom stereocenters. The molecule has 0 spiro atoms. The van der Waals surface area contributed by atoms with Crippen LogP contribution in [0.4, 0.5) is 4.39 Å². The Morgan fingerprint density at radius 1 is 1.04 bits per heavy atom. The van der Waals surface area contributed by atoms with E-state index in [1.54, 1.807) is 12.1 Å². The molecule has 2 heterocycles. The van der Waals surface area contributed by atoms with Crippen LogP contribution in [0.15, 0.2) is 82.9 Å². The van der Waals surface area contributed by atoms with Crippen LogP contribution in [0.5, 0.6) is 0 Å². The minimum Gasteiger partial charge on any atom is -0.340 e. The van der Waals surface area contributed by atoms with E-state index in [4.69, 9.17) is 16.6 Å². The van der Waals surface area contributed by atoms with Crippen LogP contribution < -0.4 is 0 Å². The highest BCUT2D eigenvalue weighted by Crippen LogP contribution is 2.57. The molecule has 6 rings (SSSR count). The lowest BCUT2D eigenvalue weighted by molar-refractivity contribution is 0.630. The van der Waals surface area contributed by atoms with E-state index in [9.17, 15) is 4.39 Å². The lowest BCUT2D eigenvalue weighted by Crippen LogP contribution is -2.11. The number of hydrogen-bond acceptors (Lipinski definition) is 2. The highest BCUT2D eigenvalue weighted by Gasteiger charge is 2.40. The third kappa shape index (κ3) is 2.19. The number of H-pyrrole nitrogens is 1. The quantitative estimate of drug-likeness (QED) is 0.600. The zero-order valence-electron chi connectivity index (χ0n) is 14.6. The molecule has 0 saturated heterocycles. The predicted molar refractivity (Wildman–Crippen MR) is 114 cm³/mol. The summed E-state index contributed by atoms with van der Waals surface area (Å²) >= 11 is 8.18. The van der Waals surface area contributed by atoms with Gasteiger partial charge in [-0.1, -0.05) is 66.3 Å². The Kier molecular flexibility index (Phi) is 3.49. The van der Waals surface area contributed by atoms with Gasteiger partial charge in [0.2, 0.25) is 0 Å². The lowest BCUT2D eigenvalue weighted by atomic mass is 9.81. The molecule has 0 amide bonds. The summed E-state index contributed by atoms with van der Waals surface area (Å²) in [7, 11) is 0. The third-order valence-electron chi connectivity index (χ3n) is 5.51. The van der Waals surface area contributed by atoms with Crippen molar-refractivity contribution in [3.8, 4) is 11.4 Å². The first-order chi connectivity index (χ1) is 13.7. The molecule has 0 fully saturated rings. The average Bonchev–Trinajstić information content (AvgIpc) is 3.30. The standard InChI is InChI=1S/C23H14ClFN2S/c24-15-9-5-10-16(25)19(15)23-26-20-12-6-1-2-7-13(12)22-18(21(20)27-23)14-8-3-4-11-17(14)28-22/h1-12,17H,(H,26,27). The summed E-state index contributed by atoms with van der Waals surface area (Å²) < 4.78 is 14.6. The molecule has 0 bridgehead atoms. The number of thioether (sulfide) groups is 1. The van der Waals surface area contributed by atoms with Gasteiger partial charge in [-0.05, 0) is 23.3 Å². The number of imidazole rings is 1. The monoisotopic (exact) mass is 404 g/mol. The second-order valence-corrected chi connectivity index (χ2v) is 8.62. The normalized spacial score (nSPS) is 23.8. The summed E-state index contributed by atoms with van der Waals surface area (Å²) in [5, 5.41) is 0.654. The molecule has 2 unspecified atom stereocenters. The number of halogens is 2. The van der Waals surface area contributed by atoms with E-state index in [-0.39, 0.29) is 11.7 Å². The molecule has 4 aliphatic rings. The number of allylic oxidation sites excluding steroid dienone is 9. The molecule has 5 heteroatoms. The summed E-state index contributed by atoms with van der Waals surface area (Å²) in [6.07, 6.45) is 17.0. The van der Waals surface area contributed by atoms with Gasteiger partial charge < -0.3 is 4.98 Å². The number of nitrogens with zero attached hydrogens (tertiary/aromatic N) is 1. The maximum Gasteiger partial charge on any atom is 0.142 e. The first-order valence-corrected chi connectivity index (χ1v) is 10.4. The van der Waals surface area contributed by atoms with E-state index in [0.717, 1.165) is 17.0 Å². The van der Waals surface area contributed by atoms with Crippen LogP contribution in [-0.4, -0.2) is 15.2 Å². The van der Waals surface area contributed by atoms with Crippen molar-refractivity contribution in [2.24, 2.45) is 0 Å². The lowest BCUT2D eigenvalue weighted by Gasteiger charge is -2.25. The topological polar surface area (TPSA) is 28.7 Å². The predicted octanol–water partition coefficient (Wildman–Crippen LogP) is 6.34. The van der Waals surface area contributed by atoms with Crippen molar-refractivity contribution in [3.05, 3.63) is 105 Å². The SMILES string of the molecule is Fc1cccc(Cl)c1-c1nc2c([nH]1)C1C=CC=CC1=C1SC3C=CC=CC3=C12. The van der Waals surface area contributed by atoms with Gasteiger partial charge in [0.1, 0.15) is 11.6 Å². The van der Waals surface area contributed by atoms with Gasteiger partial charge >= 0.3 is 0 Å². The summed E-state index contributed by atoms with van der Waals surface area (Å²) in [5.41, 5.74) is 5.92. The van der Waals surface area contributed by atoms with E-state index in [1.807, 2.05) is 11.8 Å². The number of benzene rings is 1. The Labute approximate surface area is 170 Å². The molecule has 136 valence electrons. The number of aromatic amines is 1. The molecular formula is C23H14ClFN2S. The molecule has 1 aliphatic heterocycles. The van der Waals surface area contributed by atoms with Gasteiger partial charge in [0.15, 0.2) is 0 Å². The van der Waals surface area contributed by atoms with Crippen molar-refractivity contribution in [2.45, 2.75) is 11.2 Å². The van der Waals surface area contributed by atoms with E-state index in [1.165, 1.54) is 22.1 Å². The second kappa shape index (κ2) is 5.97. The van der Waals surface area contributed by atoms with E-state index >= 15 is 0 Å². The molecule has 0 radical (unpaired) electrons. The summed E-state index contributed by atoms with van der Waals surface area (Å²) in [6, 6.07) is 4.72. The Bertz CT molecular complexity index is 1200. The molecule has 2 aromatic rings. The van der Waals surface area contributed by atoms with E-state index < -0.39 is 0 Å². The number of nitrogens with one attached hydrogen (secondary N) is 1. The van der Waals surface area contributed by atoms with Crippen LogP contribution in [0.3, 0.4) is 0 Å². The molecule has 1 N–H and O–H groups in total. The summed E-state index contributed by atoms with van der Waals surface area (Å²) in [6.45, 7) is 0. The van der Waals surface area contributed by atoms with Gasteiger partial charge in [-0.25, -0.2) is 9.37 Å². The zero-order valence-corrected chi connectivity index (χ0v) is 16.2. The van der Waals surface area contributed by atoms with Crippen LogP contribution in [0.1, 0.15) is 17.3 Å². The van der Waals surface area contributed by atoms with Crippen LogP contribution >= 0.6 is 23.4 Å². The number of hydrogen-bond donors (Lipinski definition) is 1. The maximum atomic E-state index is 14.6. The van der Waals surface area contributed by atoms with Gasteiger partial charge in [-0.2, -0.15) is 0 Å². The summed E-state index contributed by atoms with van der Waals surface area (Å²) in [4.78, 5) is 9.53. The fourth-order valence-corrected chi connectivity index (χ4v) is 5.94. The van der Waals surface area contributed by atoms with Crippen molar-refractivity contribution in [1.29, 1.82) is 0 Å². The largest absolute Gasteiger partial charge is 0.340 e. The summed E-state index contributed by atoms with van der Waals surface area (Å²) in [5.74, 6) is 0.197. The molecule has 3 aliphatic carbocycles.